The summed E-state index contributed by atoms with van der Waals surface area (Å²) in [4.78, 5) is 0.809. The van der Waals surface area contributed by atoms with Gasteiger partial charge in [0.25, 0.3) is 0 Å². The first-order valence-corrected chi connectivity index (χ1v) is 8.48. The first-order valence-electron chi connectivity index (χ1n) is 6.79. The van der Waals surface area contributed by atoms with Crippen LogP contribution in [-0.4, -0.2) is 16.7 Å². The van der Waals surface area contributed by atoms with Crippen LogP contribution in [0.2, 0.25) is 0 Å². The fourth-order valence-electron chi connectivity index (χ4n) is 1.81. The fourth-order valence-corrected chi connectivity index (χ4v) is 2.96. The predicted molar refractivity (Wildman–Crippen MR) is 83.4 cm³/mol. The minimum absolute atomic E-state index is 0.314. The van der Waals surface area contributed by atoms with Gasteiger partial charge in [-0.25, -0.2) is 4.21 Å². The average Bonchev–Trinajstić information content (AvgIpc) is 2.54. The van der Waals surface area contributed by atoms with Gasteiger partial charge in [0.05, 0.1) is 23.0 Å². The van der Waals surface area contributed by atoms with E-state index in [2.05, 4.69) is 0 Å². The third-order valence-corrected chi connectivity index (χ3v) is 4.65. The fraction of sp³-hybridized carbons (Fsp3) is 0.250. The monoisotopic (exact) mass is 362 g/mol. The Morgan fingerprint density at radius 3 is 1.96 bits per heavy atom. The van der Waals surface area contributed by atoms with Crippen LogP contribution in [0.4, 0.5) is 13.2 Å². The maximum atomic E-state index is 12.5. The van der Waals surface area contributed by atoms with E-state index < -0.39 is 22.5 Å². The molecule has 0 saturated heterocycles. The van der Waals surface area contributed by atoms with Crippen molar-refractivity contribution in [3.8, 4) is 5.75 Å². The molecule has 0 amide bonds. The molecule has 0 aromatic heterocycles. The molecular weight excluding hydrogens is 349 g/mol. The van der Waals surface area contributed by atoms with Crippen LogP contribution < -0.4 is 4.74 Å². The summed E-state index contributed by atoms with van der Waals surface area (Å²) < 4.78 is 55.3. The lowest BCUT2D eigenvalue weighted by atomic mass is 10.2. The van der Waals surface area contributed by atoms with Crippen LogP contribution in [0.3, 0.4) is 0 Å². The summed E-state index contributed by atoms with van der Waals surface area (Å²) in [6, 6.07) is 10.9. The van der Waals surface area contributed by atoms with Crippen LogP contribution in [0.25, 0.3) is 0 Å². The van der Waals surface area contributed by atoms with Crippen LogP contribution in [0.15, 0.2) is 58.3 Å². The second-order valence-electron chi connectivity index (χ2n) is 4.65. The topological polar surface area (TPSA) is 26.3 Å². The molecule has 0 saturated carbocycles. The van der Waals surface area contributed by atoms with E-state index in [1.807, 2.05) is 0 Å². The van der Waals surface area contributed by atoms with Crippen molar-refractivity contribution in [1.82, 2.24) is 0 Å². The number of hydrogen-bond acceptors (Lipinski definition) is 2. The number of benzene rings is 2. The zero-order valence-corrected chi connectivity index (χ0v) is 13.5. The van der Waals surface area contributed by atoms with Crippen LogP contribution >= 0.6 is 11.6 Å². The molecule has 0 radical (unpaired) electrons. The molecule has 7 heteroatoms. The lowest BCUT2D eigenvalue weighted by Crippen LogP contribution is -2.04. The highest BCUT2D eigenvalue weighted by molar-refractivity contribution is 7.85. The van der Waals surface area contributed by atoms with Gasteiger partial charge in [0.15, 0.2) is 0 Å². The molecule has 0 bridgehead atoms. The normalized spacial score (nSPS) is 12.9. The van der Waals surface area contributed by atoms with Crippen LogP contribution in [0.5, 0.6) is 5.75 Å². The molecule has 0 aliphatic heterocycles. The van der Waals surface area contributed by atoms with E-state index in [9.17, 15) is 17.4 Å². The van der Waals surface area contributed by atoms with Crippen molar-refractivity contribution >= 4 is 22.4 Å². The standard InChI is InChI=1S/C16H14ClF3O2S/c17-10-1-11-22-13-4-8-15(9-5-13)23(21)14-6-2-12(3-7-14)16(18,19)20/h2-9H,1,10-11H2. The third kappa shape index (κ3) is 4.97. The number of rotatable bonds is 6. The van der Waals surface area contributed by atoms with Crippen LogP contribution in [0.1, 0.15) is 12.0 Å². The smallest absolute Gasteiger partial charge is 0.416 e. The Morgan fingerprint density at radius 2 is 1.48 bits per heavy atom. The lowest BCUT2D eigenvalue weighted by molar-refractivity contribution is -0.137. The summed E-state index contributed by atoms with van der Waals surface area (Å²) >= 11 is 5.55. The maximum Gasteiger partial charge on any atom is 0.416 e. The zero-order valence-electron chi connectivity index (χ0n) is 12.0. The summed E-state index contributed by atoms with van der Waals surface area (Å²) in [6.45, 7) is 0.491. The average molecular weight is 363 g/mol. The van der Waals surface area contributed by atoms with Crippen LogP contribution in [-0.2, 0) is 17.0 Å². The minimum Gasteiger partial charge on any atom is -0.494 e. The van der Waals surface area contributed by atoms with Crippen molar-refractivity contribution in [3.63, 3.8) is 0 Å². The highest BCUT2D eigenvalue weighted by Gasteiger charge is 2.30. The molecular formula is C16H14ClF3O2S. The summed E-state index contributed by atoms with van der Waals surface area (Å²) in [5, 5.41) is 0. The molecule has 2 nitrogen and oxygen atoms in total. The zero-order chi connectivity index (χ0) is 16.9. The molecule has 0 aliphatic rings. The van der Waals surface area contributed by atoms with Gasteiger partial charge in [-0.05, 0) is 55.0 Å². The molecule has 0 heterocycles. The van der Waals surface area contributed by atoms with E-state index in [0.29, 0.717) is 28.0 Å². The first kappa shape index (κ1) is 17.8. The van der Waals surface area contributed by atoms with E-state index in [-0.39, 0.29) is 0 Å². The van der Waals surface area contributed by atoms with Gasteiger partial charge in [-0.2, -0.15) is 13.2 Å². The largest absolute Gasteiger partial charge is 0.494 e. The van der Waals surface area contributed by atoms with Gasteiger partial charge in [-0.15, -0.1) is 11.6 Å². The molecule has 0 spiro atoms. The van der Waals surface area contributed by atoms with E-state index in [1.165, 1.54) is 12.1 Å². The Bertz CT molecular complexity index is 655. The van der Waals surface area contributed by atoms with Gasteiger partial charge in [-0.3, -0.25) is 0 Å². The summed E-state index contributed by atoms with van der Waals surface area (Å²) in [6.07, 6.45) is -3.68. The summed E-state index contributed by atoms with van der Waals surface area (Å²) in [5.74, 6) is 1.14. The first-order chi connectivity index (χ1) is 10.9. The summed E-state index contributed by atoms with van der Waals surface area (Å²) in [7, 11) is -1.54. The number of hydrogen-bond donors (Lipinski definition) is 0. The maximum absolute atomic E-state index is 12.5. The number of halogens is 4. The van der Waals surface area contributed by atoms with Gasteiger partial charge >= 0.3 is 6.18 Å². The molecule has 0 N–H and O–H groups in total. The molecule has 1 unspecified atom stereocenters. The lowest BCUT2D eigenvalue weighted by Gasteiger charge is -2.08. The molecule has 2 rings (SSSR count). The van der Waals surface area contributed by atoms with Gasteiger partial charge in [-0.1, -0.05) is 0 Å². The van der Waals surface area contributed by atoms with Crippen molar-refractivity contribution in [3.05, 3.63) is 54.1 Å². The Labute approximate surface area is 139 Å². The molecule has 2 aromatic carbocycles. The molecule has 0 fully saturated rings. The van der Waals surface area contributed by atoms with Gasteiger partial charge < -0.3 is 4.74 Å². The molecule has 0 aliphatic carbocycles. The number of alkyl halides is 4. The quantitative estimate of drug-likeness (QED) is 0.540. The van der Waals surface area contributed by atoms with Crippen molar-refractivity contribution in [2.75, 3.05) is 12.5 Å². The van der Waals surface area contributed by atoms with Crippen molar-refractivity contribution in [2.24, 2.45) is 0 Å². The molecule has 2 aromatic rings. The van der Waals surface area contributed by atoms with E-state index in [0.717, 1.165) is 18.6 Å². The van der Waals surface area contributed by atoms with E-state index in [4.69, 9.17) is 16.3 Å². The van der Waals surface area contributed by atoms with E-state index >= 15 is 0 Å². The highest BCUT2D eigenvalue weighted by Crippen LogP contribution is 2.30. The molecule has 124 valence electrons. The van der Waals surface area contributed by atoms with Gasteiger partial charge in [0.1, 0.15) is 5.75 Å². The third-order valence-electron chi connectivity index (χ3n) is 2.98. The SMILES string of the molecule is O=S(c1ccc(OCCCCl)cc1)c1ccc(C(F)(F)F)cc1. The Balaban J connectivity index is 2.08. The second kappa shape index (κ2) is 7.84. The Kier molecular flexibility index (Phi) is 6.07. The van der Waals surface area contributed by atoms with Crippen LogP contribution in [0, 0.1) is 0 Å². The summed E-state index contributed by atoms with van der Waals surface area (Å²) in [5.41, 5.74) is -0.763. The van der Waals surface area contributed by atoms with Gasteiger partial charge in [0, 0.05) is 15.7 Å². The van der Waals surface area contributed by atoms with Crippen molar-refractivity contribution in [2.45, 2.75) is 22.4 Å². The number of ether oxygens (including phenoxy) is 1. The van der Waals surface area contributed by atoms with E-state index in [1.54, 1.807) is 24.3 Å². The Morgan fingerprint density at radius 1 is 0.957 bits per heavy atom. The molecule has 1 atom stereocenters. The highest BCUT2D eigenvalue weighted by atomic mass is 35.5. The molecule has 23 heavy (non-hydrogen) atoms. The van der Waals surface area contributed by atoms with Crippen molar-refractivity contribution in [1.29, 1.82) is 0 Å². The Hall–Kier alpha value is -1.53. The second-order valence-corrected chi connectivity index (χ2v) is 6.51. The van der Waals surface area contributed by atoms with Crippen molar-refractivity contribution < 1.29 is 22.1 Å². The predicted octanol–water partition coefficient (Wildman–Crippen LogP) is 4.88. The minimum atomic E-state index is -4.40. The van der Waals surface area contributed by atoms with Gasteiger partial charge in [0.2, 0.25) is 0 Å².